The minimum absolute atomic E-state index is 0.130. The Hall–Kier alpha value is -2.57. The van der Waals surface area contributed by atoms with Crippen molar-refractivity contribution in [2.45, 2.75) is 65.0 Å². The number of amides is 1. The minimum Gasteiger partial charge on any atom is -0.459 e. The summed E-state index contributed by atoms with van der Waals surface area (Å²) in [6, 6.07) is 9.29. The Bertz CT molecular complexity index is 676. The quantitative estimate of drug-likeness (QED) is 0.479. The normalized spacial score (nSPS) is 14.3. The monoisotopic (exact) mass is 405 g/mol. The lowest BCUT2D eigenvalue weighted by atomic mass is 10.1. The summed E-state index contributed by atoms with van der Waals surface area (Å²) in [7, 11) is 0. The predicted octanol–water partition coefficient (Wildman–Crippen LogP) is 4.05. The molecule has 0 bridgehead atoms. The lowest BCUT2D eigenvalue weighted by Crippen LogP contribution is -2.49. The van der Waals surface area contributed by atoms with Crippen molar-refractivity contribution in [1.82, 2.24) is 4.90 Å². The molecule has 29 heavy (non-hydrogen) atoms. The van der Waals surface area contributed by atoms with Crippen molar-refractivity contribution >= 4 is 18.0 Å². The van der Waals surface area contributed by atoms with Crippen LogP contribution in [0, 0.1) is 5.92 Å². The van der Waals surface area contributed by atoms with E-state index in [1.807, 2.05) is 30.3 Å². The summed E-state index contributed by atoms with van der Waals surface area (Å²) in [4.78, 5) is 37.7. The summed E-state index contributed by atoms with van der Waals surface area (Å²) in [6.07, 6.45) is 3.99. The van der Waals surface area contributed by atoms with Gasteiger partial charge in [0.15, 0.2) is 0 Å². The Morgan fingerprint density at radius 1 is 0.966 bits per heavy atom. The molecule has 7 nitrogen and oxygen atoms in total. The van der Waals surface area contributed by atoms with Crippen LogP contribution in [0.25, 0.3) is 0 Å². The number of esters is 2. The molecule has 7 heteroatoms. The van der Waals surface area contributed by atoms with Gasteiger partial charge in [0.05, 0.1) is 0 Å². The molecular weight excluding hydrogens is 374 g/mol. The molecule has 1 fully saturated rings. The van der Waals surface area contributed by atoms with E-state index in [4.69, 9.17) is 14.2 Å². The third kappa shape index (κ3) is 8.13. The maximum atomic E-state index is 12.4. The van der Waals surface area contributed by atoms with Crippen LogP contribution in [0.3, 0.4) is 0 Å². The number of hydrogen-bond donors (Lipinski definition) is 0. The van der Waals surface area contributed by atoms with Crippen molar-refractivity contribution in [3.05, 3.63) is 35.9 Å². The number of hydrogen-bond acceptors (Lipinski definition) is 6. The van der Waals surface area contributed by atoms with Crippen molar-refractivity contribution in [3.63, 3.8) is 0 Å². The summed E-state index contributed by atoms with van der Waals surface area (Å²) in [6.45, 7) is 4.76. The minimum atomic E-state index is -0.733. The lowest BCUT2D eigenvalue weighted by Gasteiger charge is -2.33. The van der Waals surface area contributed by atoms with Crippen LogP contribution >= 0.6 is 0 Å². The average Bonchev–Trinajstić information content (AvgIpc) is 3.17. The number of ether oxygens (including phenoxy) is 3. The maximum Gasteiger partial charge on any atom is 0.413 e. The first-order chi connectivity index (χ1) is 13.8. The Balaban J connectivity index is 1.77. The third-order valence-electron chi connectivity index (χ3n) is 4.89. The highest BCUT2D eigenvalue weighted by Gasteiger charge is 2.30. The van der Waals surface area contributed by atoms with E-state index < -0.39 is 24.4 Å². The van der Waals surface area contributed by atoms with E-state index in [0.29, 0.717) is 12.3 Å². The van der Waals surface area contributed by atoms with Gasteiger partial charge in [0, 0.05) is 12.0 Å². The van der Waals surface area contributed by atoms with Crippen LogP contribution in [0.2, 0.25) is 0 Å². The Morgan fingerprint density at radius 3 is 2.24 bits per heavy atom. The van der Waals surface area contributed by atoms with Gasteiger partial charge in [-0.15, -0.1) is 0 Å². The van der Waals surface area contributed by atoms with Crippen LogP contribution in [0.15, 0.2) is 30.3 Å². The first-order valence-corrected chi connectivity index (χ1v) is 10.1. The molecule has 0 atom stereocenters. The largest absolute Gasteiger partial charge is 0.459 e. The zero-order valence-corrected chi connectivity index (χ0v) is 17.5. The van der Waals surface area contributed by atoms with Gasteiger partial charge in [0.25, 0.3) is 0 Å². The molecule has 1 aromatic rings. The first-order valence-electron chi connectivity index (χ1n) is 10.1. The number of carbonyl (C=O) groups excluding carboxylic acids is 3. The molecule has 1 amide bonds. The van der Waals surface area contributed by atoms with Crippen LogP contribution in [0.4, 0.5) is 4.79 Å². The number of benzene rings is 1. The van der Waals surface area contributed by atoms with Gasteiger partial charge in [-0.25, -0.2) is 4.79 Å². The second-order valence-corrected chi connectivity index (χ2v) is 8.30. The van der Waals surface area contributed by atoms with Gasteiger partial charge in [-0.1, -0.05) is 43.2 Å². The summed E-state index contributed by atoms with van der Waals surface area (Å²) >= 11 is 0. The highest BCUT2D eigenvalue weighted by atomic mass is 16.7. The number of carbonyl (C=O) groups is 3. The van der Waals surface area contributed by atoms with E-state index >= 15 is 0 Å². The third-order valence-corrected chi connectivity index (χ3v) is 4.89. The van der Waals surface area contributed by atoms with Crippen LogP contribution in [-0.2, 0) is 30.4 Å². The molecule has 2 rings (SSSR count). The van der Waals surface area contributed by atoms with Gasteiger partial charge in [0.2, 0.25) is 6.79 Å². The van der Waals surface area contributed by atoms with Crippen LogP contribution in [0.5, 0.6) is 0 Å². The van der Waals surface area contributed by atoms with Crippen molar-refractivity contribution < 1.29 is 28.6 Å². The van der Waals surface area contributed by atoms with Crippen LogP contribution in [-0.4, -0.2) is 41.8 Å². The number of nitrogens with zero attached hydrogens (tertiary/aromatic N) is 1. The van der Waals surface area contributed by atoms with E-state index in [1.165, 1.54) is 4.90 Å². The van der Waals surface area contributed by atoms with E-state index in [0.717, 1.165) is 31.2 Å². The second kappa shape index (κ2) is 10.8. The van der Waals surface area contributed by atoms with Crippen LogP contribution in [0.1, 0.15) is 58.4 Å². The molecule has 0 N–H and O–H groups in total. The topological polar surface area (TPSA) is 82.1 Å². The van der Waals surface area contributed by atoms with Gasteiger partial charge >= 0.3 is 18.0 Å². The molecule has 0 saturated heterocycles. The zero-order chi connectivity index (χ0) is 21.3. The van der Waals surface area contributed by atoms with E-state index in [2.05, 4.69) is 0 Å². The van der Waals surface area contributed by atoms with Gasteiger partial charge in [-0.2, -0.15) is 0 Å². The van der Waals surface area contributed by atoms with Gasteiger partial charge in [-0.3, -0.25) is 14.5 Å². The molecule has 0 radical (unpaired) electrons. The molecule has 0 aliphatic heterocycles. The lowest BCUT2D eigenvalue weighted by molar-refractivity contribution is -0.155. The van der Waals surface area contributed by atoms with Crippen molar-refractivity contribution in [2.24, 2.45) is 5.92 Å². The van der Waals surface area contributed by atoms with Gasteiger partial charge in [0.1, 0.15) is 13.2 Å². The molecule has 0 aromatic heterocycles. The summed E-state index contributed by atoms with van der Waals surface area (Å²) in [5, 5.41) is 0. The zero-order valence-electron chi connectivity index (χ0n) is 17.5. The SMILES string of the molecule is CC(C)(C)N(CC(=O)OCc1ccccc1)C(=O)OCOC(=O)CC1CCCC1. The predicted molar refractivity (Wildman–Crippen MR) is 107 cm³/mol. The van der Waals surface area contributed by atoms with Crippen molar-refractivity contribution in [2.75, 3.05) is 13.3 Å². The summed E-state index contributed by atoms with van der Waals surface area (Å²) < 4.78 is 15.3. The Morgan fingerprint density at radius 2 is 1.62 bits per heavy atom. The summed E-state index contributed by atoms with van der Waals surface area (Å²) in [5.41, 5.74) is 0.191. The van der Waals surface area contributed by atoms with Crippen molar-refractivity contribution in [3.8, 4) is 0 Å². The molecule has 1 aliphatic carbocycles. The molecule has 0 spiro atoms. The molecule has 1 saturated carbocycles. The van der Waals surface area contributed by atoms with Gasteiger partial charge in [-0.05, 0) is 45.1 Å². The fraction of sp³-hybridized carbons (Fsp3) is 0.591. The fourth-order valence-corrected chi connectivity index (χ4v) is 3.22. The highest BCUT2D eigenvalue weighted by Crippen LogP contribution is 2.27. The molecule has 160 valence electrons. The number of rotatable bonds is 8. The molecule has 0 unspecified atom stereocenters. The molecular formula is C22H31NO6. The average molecular weight is 405 g/mol. The summed E-state index contributed by atoms with van der Waals surface area (Å²) in [5.74, 6) is -0.545. The standard InChI is InChI=1S/C22H31NO6/c1-22(2,3)23(14-20(25)27-15-18-11-5-4-6-12-18)21(26)29-16-28-19(24)13-17-9-7-8-10-17/h4-6,11-12,17H,7-10,13-16H2,1-3H3. The second-order valence-electron chi connectivity index (χ2n) is 8.30. The smallest absolute Gasteiger partial charge is 0.413 e. The maximum absolute atomic E-state index is 12.4. The van der Waals surface area contributed by atoms with Crippen LogP contribution < -0.4 is 0 Å². The Labute approximate surface area is 172 Å². The van der Waals surface area contributed by atoms with Crippen molar-refractivity contribution in [1.29, 1.82) is 0 Å². The molecule has 0 heterocycles. The molecule has 1 aromatic carbocycles. The Kier molecular flexibility index (Phi) is 8.49. The van der Waals surface area contributed by atoms with E-state index in [-0.39, 0.29) is 19.1 Å². The molecule has 1 aliphatic rings. The van der Waals surface area contributed by atoms with E-state index in [9.17, 15) is 14.4 Å². The van der Waals surface area contributed by atoms with Gasteiger partial charge < -0.3 is 14.2 Å². The van der Waals surface area contributed by atoms with E-state index in [1.54, 1.807) is 20.8 Å². The first kappa shape index (κ1) is 22.7. The highest BCUT2D eigenvalue weighted by molar-refractivity contribution is 5.78. The fourth-order valence-electron chi connectivity index (χ4n) is 3.22.